The molecule has 2 saturated heterocycles. The largest absolute Gasteiger partial charge is 0.465 e. The van der Waals surface area contributed by atoms with E-state index >= 15 is 0 Å². The van der Waals surface area contributed by atoms with Gasteiger partial charge >= 0.3 is 17.9 Å². The van der Waals surface area contributed by atoms with Gasteiger partial charge in [0.2, 0.25) is 0 Å². The summed E-state index contributed by atoms with van der Waals surface area (Å²) in [5.41, 5.74) is -1.98. The zero-order valence-corrected chi connectivity index (χ0v) is 19.2. The first-order chi connectivity index (χ1) is 15.0. The second-order valence-corrected chi connectivity index (χ2v) is 9.66. The zero-order chi connectivity index (χ0) is 23.5. The minimum Gasteiger partial charge on any atom is -0.465 e. The number of rotatable bonds is 6. The molecule has 1 saturated carbocycles. The summed E-state index contributed by atoms with van der Waals surface area (Å²) in [5.74, 6) is -1.32. The smallest absolute Gasteiger partial charge is 0.306 e. The molecule has 8 atom stereocenters. The normalized spacial score (nSPS) is 43.8. The van der Waals surface area contributed by atoms with Crippen LogP contribution in [0.4, 0.5) is 0 Å². The SMILES string of the molecule is CCCC(=O)O[C@H]1C[C@@]2(COC(C)=O)[C@@H](C=C1C)O[C@@H]1[C@H](O)[C@@H](OC(C)=O)C2(C)C12CO2. The van der Waals surface area contributed by atoms with E-state index < -0.39 is 58.9 Å². The quantitative estimate of drug-likeness (QED) is 0.276. The van der Waals surface area contributed by atoms with E-state index in [2.05, 4.69) is 0 Å². The van der Waals surface area contributed by atoms with Crippen LogP contribution < -0.4 is 0 Å². The Morgan fingerprint density at radius 3 is 2.47 bits per heavy atom. The van der Waals surface area contributed by atoms with Gasteiger partial charge in [0.05, 0.1) is 23.5 Å². The van der Waals surface area contributed by atoms with E-state index in [4.69, 9.17) is 23.7 Å². The standard InChI is InChI=1S/C23H32O9/c1-6-7-17(26)31-15-9-22(10-28-13(3)24)16(8-12(15)2)32-20-18(27)19(30-14(4)25)21(22,5)23(20)11-29-23/h8,15-16,18-20,27H,6-7,9-11H2,1-5H3/t15-,16+,18+,19+,20+,21?,22+,23?/m0/s1. The molecule has 4 rings (SSSR count). The zero-order valence-electron chi connectivity index (χ0n) is 19.2. The molecule has 0 aromatic carbocycles. The summed E-state index contributed by atoms with van der Waals surface area (Å²) in [7, 11) is 0. The van der Waals surface area contributed by atoms with Gasteiger partial charge in [-0.15, -0.1) is 0 Å². The molecule has 0 amide bonds. The lowest BCUT2D eigenvalue weighted by Gasteiger charge is -2.58. The van der Waals surface area contributed by atoms with Gasteiger partial charge in [0.25, 0.3) is 0 Å². The minimum atomic E-state index is -1.11. The van der Waals surface area contributed by atoms with Gasteiger partial charge < -0.3 is 28.8 Å². The fourth-order valence-corrected chi connectivity index (χ4v) is 6.14. The van der Waals surface area contributed by atoms with Crippen molar-refractivity contribution in [1.29, 1.82) is 0 Å². The highest BCUT2D eigenvalue weighted by molar-refractivity contribution is 5.70. The Kier molecular flexibility index (Phi) is 5.66. The fourth-order valence-electron chi connectivity index (χ4n) is 6.14. The third-order valence-electron chi connectivity index (χ3n) is 7.88. The number of epoxide rings is 1. The molecule has 0 aromatic rings. The van der Waals surface area contributed by atoms with Crippen LogP contribution in [0.3, 0.4) is 0 Å². The van der Waals surface area contributed by atoms with Crippen LogP contribution in [0, 0.1) is 10.8 Å². The van der Waals surface area contributed by atoms with Gasteiger partial charge in [-0.2, -0.15) is 0 Å². The number of fused-ring (bicyclic) bond motifs is 2. The number of esters is 3. The second kappa shape index (κ2) is 7.81. The summed E-state index contributed by atoms with van der Waals surface area (Å²) in [4.78, 5) is 36.2. The van der Waals surface area contributed by atoms with Crippen molar-refractivity contribution in [3.05, 3.63) is 11.6 Å². The van der Waals surface area contributed by atoms with E-state index in [0.29, 0.717) is 19.4 Å². The van der Waals surface area contributed by atoms with Crippen molar-refractivity contribution in [2.24, 2.45) is 10.8 Å². The molecule has 1 N–H and O–H groups in total. The minimum absolute atomic E-state index is 0.0581. The molecule has 2 unspecified atom stereocenters. The summed E-state index contributed by atoms with van der Waals surface area (Å²) in [6.07, 6.45) is -0.755. The highest BCUT2D eigenvalue weighted by Gasteiger charge is 2.86. The Hall–Kier alpha value is -1.97. The molecule has 4 aliphatic rings. The number of hydrogen-bond acceptors (Lipinski definition) is 9. The van der Waals surface area contributed by atoms with Gasteiger partial charge in [-0.3, -0.25) is 14.4 Å². The van der Waals surface area contributed by atoms with Crippen LogP contribution in [0.1, 0.15) is 53.9 Å². The monoisotopic (exact) mass is 452 g/mol. The van der Waals surface area contributed by atoms with Crippen LogP contribution in [0.15, 0.2) is 11.6 Å². The van der Waals surface area contributed by atoms with E-state index in [0.717, 1.165) is 5.57 Å². The fraction of sp³-hybridized carbons (Fsp3) is 0.783. The van der Waals surface area contributed by atoms with Crippen LogP contribution in [0.5, 0.6) is 0 Å². The van der Waals surface area contributed by atoms with Crippen LogP contribution in [-0.4, -0.2) is 72.3 Å². The number of carbonyl (C=O) groups excluding carboxylic acids is 3. The molecule has 2 aliphatic heterocycles. The molecule has 2 aliphatic carbocycles. The number of aliphatic hydroxyl groups is 1. The molecule has 9 nitrogen and oxygen atoms in total. The van der Waals surface area contributed by atoms with Gasteiger partial charge in [-0.25, -0.2) is 0 Å². The lowest BCUT2D eigenvalue weighted by Crippen LogP contribution is -2.68. The molecule has 3 fully saturated rings. The Morgan fingerprint density at radius 2 is 1.91 bits per heavy atom. The Balaban J connectivity index is 1.82. The van der Waals surface area contributed by atoms with Crippen LogP contribution in [-0.2, 0) is 38.1 Å². The van der Waals surface area contributed by atoms with Gasteiger partial charge in [-0.05, 0) is 18.9 Å². The van der Waals surface area contributed by atoms with E-state index in [1.54, 1.807) is 0 Å². The third kappa shape index (κ3) is 3.12. The van der Waals surface area contributed by atoms with Crippen molar-refractivity contribution in [3.8, 4) is 0 Å². The van der Waals surface area contributed by atoms with Crippen molar-refractivity contribution < 1.29 is 43.2 Å². The topological polar surface area (TPSA) is 121 Å². The van der Waals surface area contributed by atoms with Gasteiger partial charge in [-0.1, -0.05) is 19.9 Å². The molecule has 178 valence electrons. The van der Waals surface area contributed by atoms with E-state index in [1.807, 2.05) is 26.8 Å². The first-order valence-corrected chi connectivity index (χ1v) is 11.2. The number of ether oxygens (including phenoxy) is 5. The third-order valence-corrected chi connectivity index (χ3v) is 7.88. The van der Waals surface area contributed by atoms with Crippen molar-refractivity contribution in [3.63, 3.8) is 0 Å². The second-order valence-electron chi connectivity index (χ2n) is 9.66. The van der Waals surface area contributed by atoms with Crippen molar-refractivity contribution in [2.75, 3.05) is 13.2 Å². The summed E-state index contributed by atoms with van der Waals surface area (Å²) in [5, 5.41) is 11.1. The van der Waals surface area contributed by atoms with Crippen LogP contribution >= 0.6 is 0 Å². The Bertz CT molecular complexity index is 846. The molecule has 32 heavy (non-hydrogen) atoms. The van der Waals surface area contributed by atoms with Gasteiger partial charge in [0, 0.05) is 26.7 Å². The summed E-state index contributed by atoms with van der Waals surface area (Å²) < 4.78 is 29.3. The van der Waals surface area contributed by atoms with Crippen molar-refractivity contribution in [1.82, 2.24) is 0 Å². The average Bonchev–Trinajstić information content (AvgIpc) is 3.49. The lowest BCUT2D eigenvalue weighted by molar-refractivity contribution is -0.241. The summed E-state index contributed by atoms with van der Waals surface area (Å²) >= 11 is 0. The molecule has 9 heteroatoms. The maximum atomic E-state index is 12.3. The van der Waals surface area contributed by atoms with E-state index in [-0.39, 0.29) is 19.0 Å². The first-order valence-electron chi connectivity index (χ1n) is 11.2. The number of carbonyl (C=O) groups is 3. The highest BCUT2D eigenvalue weighted by atomic mass is 16.7. The van der Waals surface area contributed by atoms with Gasteiger partial charge in [0.15, 0.2) is 0 Å². The molecule has 0 radical (unpaired) electrons. The van der Waals surface area contributed by atoms with Crippen LogP contribution in [0.25, 0.3) is 0 Å². The lowest BCUT2D eigenvalue weighted by atomic mass is 9.51. The van der Waals surface area contributed by atoms with Crippen LogP contribution in [0.2, 0.25) is 0 Å². The Morgan fingerprint density at radius 1 is 1.22 bits per heavy atom. The molecular formula is C23H32O9. The van der Waals surface area contributed by atoms with E-state index in [9.17, 15) is 19.5 Å². The van der Waals surface area contributed by atoms with Gasteiger partial charge in [0.1, 0.15) is 36.6 Å². The molecule has 1 spiro atoms. The maximum absolute atomic E-state index is 12.3. The van der Waals surface area contributed by atoms with Crippen molar-refractivity contribution in [2.45, 2.75) is 90.0 Å². The Labute approximate surface area is 187 Å². The van der Waals surface area contributed by atoms with Crippen molar-refractivity contribution >= 4 is 17.9 Å². The number of aliphatic hydroxyl groups excluding tert-OH is 1. The molecular weight excluding hydrogens is 420 g/mol. The predicted molar refractivity (Wildman–Crippen MR) is 109 cm³/mol. The molecule has 2 bridgehead atoms. The molecule has 0 aromatic heterocycles. The summed E-state index contributed by atoms with van der Waals surface area (Å²) in [6.45, 7) is 8.53. The predicted octanol–water partition coefficient (Wildman–Crippen LogP) is 1.45. The summed E-state index contributed by atoms with van der Waals surface area (Å²) in [6, 6.07) is 0. The number of hydrogen-bond donors (Lipinski definition) is 1. The first kappa shape index (κ1) is 23.2. The highest BCUT2D eigenvalue weighted by Crippen LogP contribution is 2.72. The maximum Gasteiger partial charge on any atom is 0.306 e. The average molecular weight is 453 g/mol. The molecule has 2 heterocycles. The van der Waals surface area contributed by atoms with E-state index in [1.165, 1.54) is 13.8 Å².